The number of ketones is 1. The number of carbonyl (C=O) groups is 2. The van der Waals surface area contributed by atoms with E-state index in [-0.39, 0.29) is 47.8 Å². The molecule has 0 aromatic heterocycles. The number of β-amino-alcohol motifs (C(OH)–C–C–N with tert-alkyl or cyclic N) is 1. The maximum atomic E-state index is 10.7. The zero-order valence-electron chi connectivity index (χ0n) is 5.63. The van der Waals surface area contributed by atoms with Crippen molar-refractivity contribution in [1.29, 1.82) is 0 Å². The molecular formula is C6H10NNaO3. The van der Waals surface area contributed by atoms with Gasteiger partial charge in [0.15, 0.2) is 0 Å². The zero-order chi connectivity index (χ0) is 7.72. The quantitative estimate of drug-likeness (QED) is 0.352. The van der Waals surface area contributed by atoms with Gasteiger partial charge in [0, 0.05) is 6.54 Å². The van der Waals surface area contributed by atoms with Crippen molar-refractivity contribution in [3.63, 3.8) is 0 Å². The third-order valence-corrected chi connectivity index (χ3v) is 1.59. The number of hydrogen-bond acceptors (Lipinski definition) is 3. The van der Waals surface area contributed by atoms with Gasteiger partial charge in [0.2, 0.25) is 5.91 Å². The van der Waals surface area contributed by atoms with Gasteiger partial charge in [0.1, 0.15) is 11.7 Å². The fourth-order valence-corrected chi connectivity index (χ4v) is 1.06. The Kier molecular flexibility index (Phi) is 4.25. The van der Waals surface area contributed by atoms with Gasteiger partial charge in [0.05, 0.1) is 6.10 Å². The molecule has 0 spiro atoms. The molecule has 0 aromatic carbocycles. The predicted octanol–water partition coefficient (Wildman–Crippen LogP) is -1.97. The molecule has 4 nitrogen and oxygen atoms in total. The number of carbonyl (C=O) groups excluding carboxylic acids is 2. The molecule has 5 heteroatoms. The van der Waals surface area contributed by atoms with Crippen molar-refractivity contribution in [2.45, 2.75) is 13.0 Å². The molecule has 1 fully saturated rings. The first kappa shape index (κ1) is 11.1. The van der Waals surface area contributed by atoms with Crippen LogP contribution in [0.4, 0.5) is 0 Å². The molecule has 0 aliphatic carbocycles. The molecule has 0 aromatic rings. The van der Waals surface area contributed by atoms with E-state index in [0.717, 1.165) is 0 Å². The molecular weight excluding hydrogens is 157 g/mol. The maximum absolute atomic E-state index is 10.7. The monoisotopic (exact) mass is 167 g/mol. The normalized spacial score (nSPS) is 29.1. The Hall–Kier alpha value is 0.1000. The van der Waals surface area contributed by atoms with Crippen LogP contribution in [0.1, 0.15) is 6.92 Å². The Morgan fingerprint density at radius 1 is 1.73 bits per heavy atom. The summed E-state index contributed by atoms with van der Waals surface area (Å²) < 4.78 is 0. The van der Waals surface area contributed by atoms with Crippen LogP contribution in [-0.2, 0) is 9.59 Å². The average molecular weight is 167 g/mol. The van der Waals surface area contributed by atoms with E-state index in [9.17, 15) is 9.59 Å². The summed E-state index contributed by atoms with van der Waals surface area (Å²) in [5.41, 5.74) is 0. The summed E-state index contributed by atoms with van der Waals surface area (Å²) in [6.07, 6.45) is -0.829. The summed E-state index contributed by atoms with van der Waals surface area (Å²) in [6.45, 7) is 1.50. The average Bonchev–Trinajstić information content (AvgIpc) is 2.11. The molecule has 1 aliphatic rings. The number of aliphatic hydroxyl groups excluding tert-OH is 1. The molecule has 11 heavy (non-hydrogen) atoms. The molecule has 1 saturated heterocycles. The zero-order valence-corrected chi connectivity index (χ0v) is 5.63. The van der Waals surface area contributed by atoms with Gasteiger partial charge in [-0.2, -0.15) is 0 Å². The van der Waals surface area contributed by atoms with Gasteiger partial charge in [-0.15, -0.1) is 0 Å². The molecule has 58 valence electrons. The van der Waals surface area contributed by atoms with Crippen LogP contribution in [0.25, 0.3) is 0 Å². The molecule has 1 heterocycles. The van der Waals surface area contributed by atoms with Gasteiger partial charge in [-0.1, -0.05) is 0 Å². The van der Waals surface area contributed by atoms with Crippen LogP contribution in [0.15, 0.2) is 0 Å². The van der Waals surface area contributed by atoms with E-state index in [1.54, 1.807) is 0 Å². The van der Waals surface area contributed by atoms with Crippen molar-refractivity contribution in [3.05, 3.63) is 0 Å². The molecule has 0 saturated carbocycles. The summed E-state index contributed by atoms with van der Waals surface area (Å²) in [6, 6.07) is 0. The first-order valence-electron chi connectivity index (χ1n) is 3.09. The summed E-state index contributed by atoms with van der Waals surface area (Å²) in [4.78, 5) is 21.4. The Bertz CT molecular complexity index is 183. The number of Topliss-reactive ketones (excluding diaryl/α,β-unsaturated/α-hetero) is 1. The Morgan fingerprint density at radius 2 is 2.27 bits per heavy atom. The Morgan fingerprint density at radius 3 is 2.45 bits per heavy atom. The summed E-state index contributed by atoms with van der Waals surface area (Å²) in [7, 11) is 0. The number of amides is 1. The summed E-state index contributed by atoms with van der Waals surface area (Å²) in [5, 5.41) is 11.4. The van der Waals surface area contributed by atoms with Crippen molar-refractivity contribution < 1.29 is 14.7 Å². The molecule has 2 unspecified atom stereocenters. The fraction of sp³-hybridized carbons (Fsp3) is 0.667. The fourth-order valence-electron chi connectivity index (χ4n) is 1.06. The Balaban J connectivity index is 0.000001000. The van der Waals surface area contributed by atoms with Gasteiger partial charge in [0.25, 0.3) is 0 Å². The van der Waals surface area contributed by atoms with Crippen LogP contribution in [0.2, 0.25) is 0 Å². The topological polar surface area (TPSA) is 66.4 Å². The van der Waals surface area contributed by atoms with Crippen LogP contribution in [0, 0.1) is 5.92 Å². The van der Waals surface area contributed by atoms with Crippen molar-refractivity contribution in [1.82, 2.24) is 5.32 Å². The van der Waals surface area contributed by atoms with Gasteiger partial charge in [-0.3, -0.25) is 9.59 Å². The molecule has 1 amide bonds. The van der Waals surface area contributed by atoms with E-state index in [2.05, 4.69) is 5.32 Å². The summed E-state index contributed by atoms with van der Waals surface area (Å²) in [5.74, 6) is -1.47. The minimum absolute atomic E-state index is 0. The summed E-state index contributed by atoms with van der Waals surface area (Å²) >= 11 is 0. The van der Waals surface area contributed by atoms with Gasteiger partial charge in [-0.25, -0.2) is 0 Å². The van der Waals surface area contributed by atoms with E-state index in [0.29, 0.717) is 0 Å². The van der Waals surface area contributed by atoms with Crippen LogP contribution in [0.5, 0.6) is 0 Å². The number of aliphatic hydroxyl groups is 1. The predicted molar refractivity (Wildman–Crippen MR) is 40.3 cm³/mol. The number of rotatable bonds is 1. The Labute approximate surface area is 86.6 Å². The van der Waals surface area contributed by atoms with E-state index in [1.165, 1.54) is 6.92 Å². The van der Waals surface area contributed by atoms with Gasteiger partial charge in [-0.05, 0) is 6.92 Å². The third kappa shape index (κ3) is 2.27. The second kappa shape index (κ2) is 4.21. The van der Waals surface area contributed by atoms with E-state index < -0.39 is 12.0 Å². The number of hydrogen-bond donors (Lipinski definition) is 2. The molecule has 1 rings (SSSR count). The van der Waals surface area contributed by atoms with Crippen LogP contribution in [-0.4, -0.2) is 59.0 Å². The second-order valence-corrected chi connectivity index (χ2v) is 2.40. The molecule has 1 aliphatic heterocycles. The SMILES string of the molecule is CC(=O)C1C(=O)NCC1O.[NaH]. The van der Waals surface area contributed by atoms with E-state index >= 15 is 0 Å². The van der Waals surface area contributed by atoms with Crippen LogP contribution in [0.3, 0.4) is 0 Å². The molecule has 2 atom stereocenters. The minimum atomic E-state index is -0.833. The van der Waals surface area contributed by atoms with Crippen molar-refractivity contribution in [2.24, 2.45) is 5.92 Å². The third-order valence-electron chi connectivity index (χ3n) is 1.59. The van der Waals surface area contributed by atoms with E-state index in [1.807, 2.05) is 0 Å². The number of nitrogens with one attached hydrogen (secondary N) is 1. The van der Waals surface area contributed by atoms with Gasteiger partial charge < -0.3 is 10.4 Å². The molecule has 0 bridgehead atoms. The van der Waals surface area contributed by atoms with Crippen molar-refractivity contribution in [3.8, 4) is 0 Å². The molecule has 0 radical (unpaired) electrons. The van der Waals surface area contributed by atoms with Crippen LogP contribution >= 0.6 is 0 Å². The second-order valence-electron chi connectivity index (χ2n) is 2.40. The molecule has 2 N–H and O–H groups in total. The van der Waals surface area contributed by atoms with E-state index in [4.69, 9.17) is 5.11 Å². The standard InChI is InChI=1S/C6H9NO3.Na.H/c1-3(8)5-4(9)2-7-6(5)10;;/h4-5,9H,2H2,1H3,(H,7,10);;. The van der Waals surface area contributed by atoms with Crippen LogP contribution < -0.4 is 5.32 Å². The first-order chi connectivity index (χ1) is 4.63. The van der Waals surface area contributed by atoms with Crippen molar-refractivity contribution in [2.75, 3.05) is 6.54 Å². The first-order valence-corrected chi connectivity index (χ1v) is 3.09. The van der Waals surface area contributed by atoms with Crippen molar-refractivity contribution >= 4 is 41.2 Å². The van der Waals surface area contributed by atoms with Gasteiger partial charge >= 0.3 is 29.6 Å².